The summed E-state index contributed by atoms with van der Waals surface area (Å²) < 4.78 is 5.94. The summed E-state index contributed by atoms with van der Waals surface area (Å²) in [6.07, 6.45) is 0.187. The molecule has 1 aliphatic heterocycles. The van der Waals surface area contributed by atoms with Crippen molar-refractivity contribution in [1.82, 2.24) is 20.3 Å². The summed E-state index contributed by atoms with van der Waals surface area (Å²) in [5.41, 5.74) is 0.750. The van der Waals surface area contributed by atoms with Crippen LogP contribution in [0.1, 0.15) is 23.7 Å². The second-order valence-corrected chi connectivity index (χ2v) is 6.82. The van der Waals surface area contributed by atoms with Crippen LogP contribution < -0.4 is 4.74 Å². The Morgan fingerprint density at radius 2 is 2.00 bits per heavy atom. The van der Waals surface area contributed by atoms with Crippen molar-refractivity contribution in [2.24, 2.45) is 0 Å². The van der Waals surface area contributed by atoms with Crippen LogP contribution in [-0.4, -0.2) is 56.1 Å². The number of likely N-dealkylation sites (tertiary alicyclic amines) is 1. The molecule has 2 atom stereocenters. The highest BCUT2D eigenvalue weighted by Gasteiger charge is 2.41. The first-order chi connectivity index (χ1) is 12.5. The van der Waals surface area contributed by atoms with Crippen LogP contribution in [0.25, 0.3) is 11.0 Å². The van der Waals surface area contributed by atoms with Gasteiger partial charge in [-0.25, -0.2) is 0 Å². The van der Waals surface area contributed by atoms with Crippen LogP contribution >= 0.6 is 0 Å². The first-order valence-electron chi connectivity index (χ1n) is 8.57. The van der Waals surface area contributed by atoms with Crippen molar-refractivity contribution in [3.63, 3.8) is 0 Å². The number of aromatic amines is 1. The molecule has 0 saturated carbocycles. The van der Waals surface area contributed by atoms with Crippen molar-refractivity contribution in [2.45, 2.75) is 25.0 Å². The van der Waals surface area contributed by atoms with Gasteiger partial charge in [-0.3, -0.25) is 4.79 Å². The molecule has 0 unspecified atom stereocenters. The zero-order chi connectivity index (χ0) is 18.1. The first-order valence-corrected chi connectivity index (χ1v) is 8.57. The van der Waals surface area contributed by atoms with E-state index >= 15 is 0 Å². The average molecular weight is 352 g/mol. The van der Waals surface area contributed by atoms with E-state index in [9.17, 15) is 9.90 Å². The van der Waals surface area contributed by atoms with E-state index < -0.39 is 5.60 Å². The highest BCUT2D eigenvalue weighted by atomic mass is 16.5. The normalized spacial score (nSPS) is 23.2. The van der Waals surface area contributed by atoms with E-state index in [0.29, 0.717) is 35.3 Å². The molecule has 0 aliphatic carbocycles. The van der Waals surface area contributed by atoms with Gasteiger partial charge in [-0.05, 0) is 37.3 Å². The number of β-amino-alcohol motifs (C(OH)–C–C–N with tert-alkyl or cyclic N) is 1. The SMILES string of the molecule is C[C@]1(O)CN(C(=O)c2ccc3n[nH]nc3c2)CC[C@@H]1Oc1ccccc1. The van der Waals surface area contributed by atoms with Gasteiger partial charge in [0.15, 0.2) is 0 Å². The monoisotopic (exact) mass is 352 g/mol. The van der Waals surface area contributed by atoms with Crippen LogP contribution in [0.15, 0.2) is 48.5 Å². The smallest absolute Gasteiger partial charge is 0.254 e. The number of fused-ring (bicyclic) bond motifs is 1. The van der Waals surface area contributed by atoms with Crippen LogP contribution in [-0.2, 0) is 0 Å². The Labute approximate surface area is 150 Å². The summed E-state index contributed by atoms with van der Waals surface area (Å²) in [6.45, 7) is 2.43. The third-order valence-electron chi connectivity index (χ3n) is 4.74. The maximum Gasteiger partial charge on any atom is 0.254 e. The third-order valence-corrected chi connectivity index (χ3v) is 4.74. The number of nitrogens with one attached hydrogen (secondary N) is 1. The molecule has 0 radical (unpaired) electrons. The van der Waals surface area contributed by atoms with Gasteiger partial charge in [-0.1, -0.05) is 18.2 Å². The van der Waals surface area contributed by atoms with Crippen molar-refractivity contribution in [2.75, 3.05) is 13.1 Å². The Bertz CT molecular complexity index is 923. The quantitative estimate of drug-likeness (QED) is 0.752. The van der Waals surface area contributed by atoms with Gasteiger partial charge in [-0.2, -0.15) is 15.4 Å². The van der Waals surface area contributed by atoms with Gasteiger partial charge in [0, 0.05) is 18.5 Å². The second-order valence-electron chi connectivity index (χ2n) is 6.82. The molecule has 1 amide bonds. The fourth-order valence-corrected chi connectivity index (χ4v) is 3.33. The number of para-hydroxylation sites is 1. The molecule has 2 heterocycles. The van der Waals surface area contributed by atoms with Crippen LogP contribution in [0.3, 0.4) is 0 Å². The van der Waals surface area contributed by atoms with Gasteiger partial charge >= 0.3 is 0 Å². The van der Waals surface area contributed by atoms with Gasteiger partial charge < -0.3 is 14.7 Å². The van der Waals surface area contributed by atoms with Crippen molar-refractivity contribution < 1.29 is 14.6 Å². The third kappa shape index (κ3) is 3.13. The van der Waals surface area contributed by atoms with Crippen LogP contribution in [0.2, 0.25) is 0 Å². The van der Waals surface area contributed by atoms with Crippen molar-refractivity contribution >= 4 is 16.9 Å². The van der Waals surface area contributed by atoms with Gasteiger partial charge in [0.1, 0.15) is 28.5 Å². The Morgan fingerprint density at radius 3 is 2.77 bits per heavy atom. The molecule has 1 aliphatic rings. The number of carbonyl (C=O) groups excluding carboxylic acids is 1. The predicted octanol–water partition coefficient (Wildman–Crippen LogP) is 2.00. The molecule has 2 aromatic carbocycles. The molecule has 0 bridgehead atoms. The predicted molar refractivity (Wildman–Crippen MR) is 95.9 cm³/mol. The minimum atomic E-state index is -1.14. The lowest BCUT2D eigenvalue weighted by atomic mass is 9.91. The number of carbonyl (C=O) groups is 1. The summed E-state index contributed by atoms with van der Waals surface area (Å²) in [7, 11) is 0. The zero-order valence-corrected chi connectivity index (χ0v) is 14.4. The minimum Gasteiger partial charge on any atom is -0.487 e. The Hall–Kier alpha value is -2.93. The Balaban J connectivity index is 1.48. The number of benzene rings is 2. The average Bonchev–Trinajstić information content (AvgIpc) is 3.11. The molecule has 1 saturated heterocycles. The Kier molecular flexibility index (Phi) is 4.08. The number of nitrogens with zero attached hydrogens (tertiary/aromatic N) is 3. The van der Waals surface area contributed by atoms with E-state index in [2.05, 4.69) is 15.4 Å². The number of aliphatic hydroxyl groups is 1. The second kappa shape index (κ2) is 6.42. The van der Waals surface area contributed by atoms with Crippen LogP contribution in [0, 0.1) is 0 Å². The van der Waals surface area contributed by atoms with E-state index in [1.807, 2.05) is 30.3 Å². The van der Waals surface area contributed by atoms with Crippen molar-refractivity contribution in [3.8, 4) is 5.75 Å². The van der Waals surface area contributed by atoms with E-state index in [-0.39, 0.29) is 18.6 Å². The topological polar surface area (TPSA) is 91.3 Å². The molecule has 134 valence electrons. The minimum absolute atomic E-state index is 0.131. The molecule has 1 fully saturated rings. The fourth-order valence-electron chi connectivity index (χ4n) is 3.33. The molecule has 7 nitrogen and oxygen atoms in total. The number of hydrogen-bond acceptors (Lipinski definition) is 5. The lowest BCUT2D eigenvalue weighted by molar-refractivity contribution is -0.0899. The summed E-state index contributed by atoms with van der Waals surface area (Å²) >= 11 is 0. The molecule has 7 heteroatoms. The van der Waals surface area contributed by atoms with E-state index in [1.165, 1.54) is 0 Å². The fraction of sp³-hybridized carbons (Fsp3) is 0.316. The van der Waals surface area contributed by atoms with Crippen molar-refractivity contribution in [3.05, 3.63) is 54.1 Å². The van der Waals surface area contributed by atoms with Crippen molar-refractivity contribution in [1.29, 1.82) is 0 Å². The Morgan fingerprint density at radius 1 is 1.23 bits per heavy atom. The van der Waals surface area contributed by atoms with Crippen LogP contribution in [0.4, 0.5) is 0 Å². The molecule has 0 spiro atoms. The number of aromatic nitrogens is 3. The van der Waals surface area contributed by atoms with Crippen LogP contribution in [0.5, 0.6) is 5.75 Å². The summed E-state index contributed by atoms with van der Waals surface area (Å²) in [5.74, 6) is 0.586. The molecular weight excluding hydrogens is 332 g/mol. The number of piperidine rings is 1. The molecule has 2 N–H and O–H groups in total. The number of ether oxygens (including phenoxy) is 1. The standard InChI is InChI=1S/C19H20N4O3/c1-19(25)12-23(10-9-17(19)26-14-5-3-2-4-6-14)18(24)13-7-8-15-16(11-13)21-22-20-15/h2-8,11,17,25H,9-10,12H2,1H3,(H,20,21,22)/t17-,19-/m0/s1. The largest absolute Gasteiger partial charge is 0.487 e. The zero-order valence-electron chi connectivity index (χ0n) is 14.4. The molecule has 26 heavy (non-hydrogen) atoms. The van der Waals surface area contributed by atoms with Gasteiger partial charge in [-0.15, -0.1) is 0 Å². The maximum atomic E-state index is 12.8. The molecule has 4 rings (SSSR count). The highest BCUT2D eigenvalue weighted by molar-refractivity contribution is 5.97. The number of rotatable bonds is 3. The first kappa shape index (κ1) is 16.5. The number of hydrogen-bond donors (Lipinski definition) is 2. The number of amides is 1. The molecule has 1 aromatic heterocycles. The molecule has 3 aromatic rings. The lowest BCUT2D eigenvalue weighted by Crippen LogP contribution is -2.58. The summed E-state index contributed by atoms with van der Waals surface area (Å²) in [5, 5.41) is 21.4. The van der Waals surface area contributed by atoms with Gasteiger partial charge in [0.25, 0.3) is 5.91 Å². The van der Waals surface area contributed by atoms with Gasteiger partial charge in [0.2, 0.25) is 0 Å². The molecular formula is C19H20N4O3. The highest BCUT2D eigenvalue weighted by Crippen LogP contribution is 2.27. The maximum absolute atomic E-state index is 12.8. The summed E-state index contributed by atoms with van der Waals surface area (Å²) in [4.78, 5) is 14.5. The lowest BCUT2D eigenvalue weighted by Gasteiger charge is -2.42. The van der Waals surface area contributed by atoms with E-state index in [1.54, 1.807) is 30.0 Å². The van der Waals surface area contributed by atoms with E-state index in [0.717, 1.165) is 0 Å². The number of H-pyrrole nitrogens is 1. The summed E-state index contributed by atoms with van der Waals surface area (Å²) in [6, 6.07) is 14.6. The van der Waals surface area contributed by atoms with Gasteiger partial charge in [0.05, 0.1) is 6.54 Å². The van der Waals surface area contributed by atoms with E-state index in [4.69, 9.17) is 4.74 Å².